The molecule has 123 valence electrons. The number of benzene rings is 1. The fourth-order valence-electron chi connectivity index (χ4n) is 2.77. The molecule has 0 bridgehead atoms. The fourth-order valence-corrected chi connectivity index (χ4v) is 2.77. The van der Waals surface area contributed by atoms with Crippen LogP contribution in [0.4, 0.5) is 0 Å². The predicted molar refractivity (Wildman–Crippen MR) is 99.4 cm³/mol. The zero-order valence-electron chi connectivity index (χ0n) is 13.8. The maximum Gasteiger partial charge on any atom is 0.195 e. The van der Waals surface area contributed by atoms with Crippen LogP contribution in [0, 0.1) is 6.20 Å². The number of carbonyl (C=O) groups is 1. The van der Waals surface area contributed by atoms with Gasteiger partial charge in [0.05, 0.1) is 17.0 Å². The van der Waals surface area contributed by atoms with E-state index in [1.54, 1.807) is 30.7 Å². The minimum Gasteiger partial charge on any atom is -0.289 e. The molecule has 0 unspecified atom stereocenters. The van der Waals surface area contributed by atoms with Gasteiger partial charge in [0.15, 0.2) is 5.78 Å². The number of pyridine rings is 3. The van der Waals surface area contributed by atoms with Gasteiger partial charge >= 0.3 is 0 Å². The molecule has 0 atom stereocenters. The van der Waals surface area contributed by atoms with Crippen molar-refractivity contribution >= 4 is 5.78 Å². The molecule has 26 heavy (non-hydrogen) atoms. The molecule has 0 saturated heterocycles. The first-order chi connectivity index (χ1) is 12.8. The van der Waals surface area contributed by atoms with Gasteiger partial charge in [0, 0.05) is 35.3 Å². The van der Waals surface area contributed by atoms with Crippen LogP contribution in [0.15, 0.2) is 85.3 Å². The van der Waals surface area contributed by atoms with Gasteiger partial charge in [0.2, 0.25) is 0 Å². The molecule has 3 heterocycles. The van der Waals surface area contributed by atoms with Crippen molar-refractivity contribution in [3.05, 3.63) is 103 Å². The van der Waals surface area contributed by atoms with Gasteiger partial charge in [-0.15, -0.1) is 0 Å². The van der Waals surface area contributed by atoms with Crippen molar-refractivity contribution in [2.75, 3.05) is 0 Å². The first-order valence-corrected chi connectivity index (χ1v) is 8.17. The standard InChI is InChI=1S/C22H14N3O/c26-22(17-6-5-11-23-15-17)19-14-16(20-7-1-3-12-24-20)9-10-18(19)21-8-2-4-13-25-21/h1-14H. The van der Waals surface area contributed by atoms with E-state index in [0.717, 1.165) is 22.5 Å². The smallest absolute Gasteiger partial charge is 0.195 e. The van der Waals surface area contributed by atoms with Crippen LogP contribution in [0.3, 0.4) is 0 Å². The van der Waals surface area contributed by atoms with Gasteiger partial charge in [0.1, 0.15) is 6.20 Å². The highest BCUT2D eigenvalue weighted by molar-refractivity contribution is 6.13. The van der Waals surface area contributed by atoms with E-state index >= 15 is 0 Å². The molecule has 1 radical (unpaired) electrons. The van der Waals surface area contributed by atoms with Crippen LogP contribution >= 0.6 is 0 Å². The summed E-state index contributed by atoms with van der Waals surface area (Å²) < 4.78 is 0. The summed E-state index contributed by atoms with van der Waals surface area (Å²) >= 11 is 0. The average Bonchev–Trinajstić information content (AvgIpc) is 2.75. The Bertz CT molecular complexity index is 1030. The molecule has 4 nitrogen and oxygen atoms in total. The van der Waals surface area contributed by atoms with Crippen molar-refractivity contribution in [3.63, 3.8) is 0 Å². The molecule has 0 aliphatic rings. The molecule has 3 aromatic heterocycles. The first kappa shape index (κ1) is 15.8. The van der Waals surface area contributed by atoms with Crippen LogP contribution in [0.5, 0.6) is 0 Å². The number of aromatic nitrogens is 3. The summed E-state index contributed by atoms with van der Waals surface area (Å²) in [6.45, 7) is 0. The van der Waals surface area contributed by atoms with Gasteiger partial charge in [-0.3, -0.25) is 19.7 Å². The first-order valence-electron chi connectivity index (χ1n) is 8.17. The van der Waals surface area contributed by atoms with E-state index in [4.69, 9.17) is 0 Å². The molecule has 4 heteroatoms. The summed E-state index contributed by atoms with van der Waals surface area (Å²) in [7, 11) is 0. The summed E-state index contributed by atoms with van der Waals surface area (Å²) in [4.78, 5) is 25.8. The van der Waals surface area contributed by atoms with Crippen molar-refractivity contribution in [2.45, 2.75) is 0 Å². The highest BCUT2D eigenvalue weighted by Gasteiger charge is 2.17. The third-order valence-electron chi connectivity index (χ3n) is 4.02. The molecule has 4 rings (SSSR count). The highest BCUT2D eigenvalue weighted by Crippen LogP contribution is 2.28. The Hall–Kier alpha value is -3.66. The van der Waals surface area contributed by atoms with E-state index in [1.807, 2.05) is 54.6 Å². The fraction of sp³-hybridized carbons (Fsp3) is 0. The second kappa shape index (κ2) is 7.07. The topological polar surface area (TPSA) is 55.7 Å². The molecule has 0 saturated carbocycles. The van der Waals surface area contributed by atoms with Gasteiger partial charge in [0.25, 0.3) is 0 Å². The van der Waals surface area contributed by atoms with E-state index in [9.17, 15) is 4.79 Å². The van der Waals surface area contributed by atoms with E-state index < -0.39 is 0 Å². The SMILES string of the molecule is O=C(c1[c]nccc1)c1cc(-c2ccccn2)ccc1-c1ccccn1. The highest BCUT2D eigenvalue weighted by atomic mass is 16.1. The van der Waals surface area contributed by atoms with Crippen molar-refractivity contribution in [1.82, 2.24) is 15.0 Å². The molecular formula is C22H14N3O. The molecule has 4 aromatic rings. The Balaban J connectivity index is 1.89. The van der Waals surface area contributed by atoms with Crippen molar-refractivity contribution in [1.29, 1.82) is 0 Å². The Morgan fingerprint density at radius 3 is 2.19 bits per heavy atom. The van der Waals surface area contributed by atoms with E-state index in [-0.39, 0.29) is 5.78 Å². The minimum absolute atomic E-state index is 0.142. The van der Waals surface area contributed by atoms with Gasteiger partial charge in [-0.05, 0) is 42.5 Å². The third kappa shape index (κ3) is 3.13. The number of ketones is 1. The summed E-state index contributed by atoms with van der Waals surface area (Å²) in [5.74, 6) is -0.142. The second-order valence-corrected chi connectivity index (χ2v) is 5.68. The number of rotatable bonds is 4. The van der Waals surface area contributed by atoms with Crippen LogP contribution in [0.1, 0.15) is 15.9 Å². The van der Waals surface area contributed by atoms with Crippen molar-refractivity contribution in [3.8, 4) is 22.5 Å². The monoisotopic (exact) mass is 336 g/mol. The van der Waals surface area contributed by atoms with Gasteiger partial charge < -0.3 is 0 Å². The lowest BCUT2D eigenvalue weighted by molar-refractivity contribution is 0.103. The molecule has 0 aliphatic carbocycles. The zero-order chi connectivity index (χ0) is 17.8. The number of nitrogens with zero attached hydrogens (tertiary/aromatic N) is 3. The normalized spacial score (nSPS) is 10.5. The van der Waals surface area contributed by atoms with Crippen LogP contribution in [0.2, 0.25) is 0 Å². The minimum atomic E-state index is -0.142. The quantitative estimate of drug-likeness (QED) is 0.523. The van der Waals surface area contributed by atoms with Crippen LogP contribution in [0.25, 0.3) is 22.5 Å². The number of carbonyl (C=O) groups excluding carboxylic acids is 1. The van der Waals surface area contributed by atoms with Crippen LogP contribution in [-0.4, -0.2) is 20.7 Å². The number of hydrogen-bond acceptors (Lipinski definition) is 4. The summed E-state index contributed by atoms with van der Waals surface area (Å²) in [5.41, 5.74) is 4.17. The maximum atomic E-state index is 13.1. The Morgan fingerprint density at radius 2 is 1.54 bits per heavy atom. The predicted octanol–water partition coefficient (Wildman–Crippen LogP) is 4.24. The lowest BCUT2D eigenvalue weighted by Gasteiger charge is -2.11. The molecule has 0 spiro atoms. The lowest BCUT2D eigenvalue weighted by Crippen LogP contribution is -2.05. The Labute approximate surface area is 151 Å². The molecule has 0 aliphatic heterocycles. The van der Waals surface area contributed by atoms with Crippen molar-refractivity contribution in [2.24, 2.45) is 0 Å². The Morgan fingerprint density at radius 1 is 0.769 bits per heavy atom. The third-order valence-corrected chi connectivity index (χ3v) is 4.02. The largest absolute Gasteiger partial charge is 0.289 e. The Kier molecular flexibility index (Phi) is 4.31. The second-order valence-electron chi connectivity index (χ2n) is 5.68. The molecule has 0 fully saturated rings. The average molecular weight is 336 g/mol. The van der Waals surface area contributed by atoms with E-state index in [2.05, 4.69) is 21.1 Å². The van der Waals surface area contributed by atoms with Crippen LogP contribution < -0.4 is 0 Å². The molecule has 0 N–H and O–H groups in total. The van der Waals surface area contributed by atoms with E-state index in [1.165, 1.54) is 0 Å². The summed E-state index contributed by atoms with van der Waals surface area (Å²) in [5, 5.41) is 0. The van der Waals surface area contributed by atoms with Crippen LogP contribution in [-0.2, 0) is 0 Å². The summed E-state index contributed by atoms with van der Waals surface area (Å²) in [6, 6.07) is 20.5. The molecule has 0 amide bonds. The van der Waals surface area contributed by atoms with Gasteiger partial charge in [-0.2, -0.15) is 0 Å². The maximum absolute atomic E-state index is 13.1. The molecule has 1 aromatic carbocycles. The van der Waals surface area contributed by atoms with E-state index in [0.29, 0.717) is 11.1 Å². The summed E-state index contributed by atoms with van der Waals surface area (Å²) in [6.07, 6.45) is 7.82. The zero-order valence-corrected chi connectivity index (χ0v) is 13.8. The van der Waals surface area contributed by atoms with Gasteiger partial charge in [-0.1, -0.05) is 24.3 Å². The van der Waals surface area contributed by atoms with Gasteiger partial charge in [-0.25, -0.2) is 0 Å². The van der Waals surface area contributed by atoms with Crippen molar-refractivity contribution < 1.29 is 4.79 Å². The number of hydrogen-bond donors (Lipinski definition) is 0. The molecular weight excluding hydrogens is 322 g/mol. The lowest BCUT2D eigenvalue weighted by atomic mass is 9.94.